The fourth-order valence-corrected chi connectivity index (χ4v) is 4.13. The first-order valence-electron chi connectivity index (χ1n) is 7.31. The minimum absolute atomic E-state index is 0.0123. The van der Waals surface area contributed by atoms with Crippen molar-refractivity contribution in [2.24, 2.45) is 11.8 Å². The smallest absolute Gasteiger partial charge is 0.184 e. The van der Waals surface area contributed by atoms with Crippen LogP contribution in [0.4, 0.5) is 4.39 Å². The Bertz CT molecular complexity index is 711. The monoisotopic (exact) mass is 291 g/mol. The Labute approximate surface area is 121 Å². The molecule has 5 rings (SSSR count). The second-order valence-corrected chi connectivity index (χ2v) is 6.72. The molecule has 1 aliphatic heterocycles. The van der Waals surface area contributed by atoms with E-state index in [-0.39, 0.29) is 11.0 Å². The lowest BCUT2D eigenvalue weighted by molar-refractivity contribution is 0.619. The summed E-state index contributed by atoms with van der Waals surface area (Å²) in [6, 6.07) is 0.455. The second kappa shape index (κ2) is 3.74. The highest BCUT2D eigenvalue weighted by molar-refractivity contribution is 6.30. The van der Waals surface area contributed by atoms with Gasteiger partial charge in [-0.1, -0.05) is 11.6 Å². The number of pyridine rings is 1. The van der Waals surface area contributed by atoms with Gasteiger partial charge in [0.1, 0.15) is 0 Å². The Morgan fingerprint density at radius 2 is 2.05 bits per heavy atom. The zero-order valence-corrected chi connectivity index (χ0v) is 11.7. The van der Waals surface area contributed by atoms with Crippen LogP contribution in [0.5, 0.6) is 0 Å². The average Bonchev–Trinajstić information content (AvgIpc) is 3.33. The van der Waals surface area contributed by atoms with Crippen LogP contribution < -0.4 is 5.32 Å². The van der Waals surface area contributed by atoms with Gasteiger partial charge in [0.25, 0.3) is 0 Å². The minimum atomic E-state index is -0.355. The highest BCUT2D eigenvalue weighted by atomic mass is 35.5. The van der Waals surface area contributed by atoms with Crippen LogP contribution in [0.1, 0.15) is 30.4 Å². The number of rotatable bonds is 2. The topological polar surface area (TPSA) is 29.9 Å². The van der Waals surface area contributed by atoms with Crippen LogP contribution in [0, 0.1) is 17.7 Å². The maximum atomic E-state index is 14.4. The molecule has 0 spiro atoms. The summed E-state index contributed by atoms with van der Waals surface area (Å²) >= 11 is 5.88. The van der Waals surface area contributed by atoms with Crippen LogP contribution in [0.15, 0.2) is 12.4 Å². The molecule has 0 amide bonds. The van der Waals surface area contributed by atoms with Gasteiger partial charge in [-0.2, -0.15) is 0 Å². The van der Waals surface area contributed by atoms with E-state index in [4.69, 9.17) is 11.6 Å². The Kier molecular flexibility index (Phi) is 2.16. The molecular formula is C15H15ClFN3. The summed E-state index contributed by atoms with van der Waals surface area (Å²) in [7, 11) is 0. The predicted molar refractivity (Wildman–Crippen MR) is 75.6 cm³/mol. The van der Waals surface area contributed by atoms with Crippen LogP contribution in [0.3, 0.4) is 0 Å². The standard InChI is InChI=1S/C15H15ClFN3/c16-15-13(17)14-10(5-19-15)11(6-20(14)7-1-2-7)12-8-3-18-4-9(8)12/h5-9,12,18H,1-4H2/t8-,9+,12?. The van der Waals surface area contributed by atoms with Gasteiger partial charge in [0.05, 0.1) is 5.52 Å². The van der Waals surface area contributed by atoms with Gasteiger partial charge in [-0.15, -0.1) is 0 Å². The number of hydrogen-bond donors (Lipinski definition) is 1. The first-order chi connectivity index (χ1) is 9.75. The first-order valence-corrected chi connectivity index (χ1v) is 7.68. The Morgan fingerprint density at radius 1 is 1.30 bits per heavy atom. The zero-order valence-electron chi connectivity index (χ0n) is 10.9. The van der Waals surface area contributed by atoms with Gasteiger partial charge in [0.15, 0.2) is 11.0 Å². The normalized spacial score (nSPS) is 31.8. The van der Waals surface area contributed by atoms with Crippen molar-refractivity contribution >= 4 is 22.5 Å². The fourth-order valence-electron chi connectivity index (χ4n) is 3.99. The SMILES string of the molecule is Fc1c(Cl)ncc2c(C3[C@H]4CNC[C@@H]34)cn(C3CC3)c12. The summed E-state index contributed by atoms with van der Waals surface area (Å²) in [6.07, 6.45) is 6.21. The van der Waals surface area contributed by atoms with Crippen molar-refractivity contribution in [2.75, 3.05) is 13.1 Å². The number of halogens is 2. The van der Waals surface area contributed by atoms with Gasteiger partial charge in [0, 0.05) is 23.8 Å². The maximum absolute atomic E-state index is 14.4. The van der Waals surface area contributed by atoms with Gasteiger partial charge in [-0.25, -0.2) is 9.37 Å². The summed E-state index contributed by atoms with van der Waals surface area (Å²) in [5.74, 6) is 1.69. The van der Waals surface area contributed by atoms with Gasteiger partial charge >= 0.3 is 0 Å². The molecule has 2 aromatic heterocycles. The molecule has 0 aromatic carbocycles. The molecule has 3 heterocycles. The van der Waals surface area contributed by atoms with Crippen LogP contribution in [-0.4, -0.2) is 22.6 Å². The number of nitrogens with one attached hydrogen (secondary N) is 1. The van der Waals surface area contributed by atoms with E-state index in [9.17, 15) is 4.39 Å². The third-order valence-electron chi connectivity index (χ3n) is 5.19. The summed E-state index contributed by atoms with van der Waals surface area (Å²) in [5, 5.41) is 4.37. The molecule has 1 saturated heterocycles. The molecule has 2 saturated carbocycles. The lowest BCUT2D eigenvalue weighted by atomic mass is 10.1. The number of aromatic nitrogens is 2. The maximum Gasteiger partial charge on any atom is 0.184 e. The third kappa shape index (κ3) is 1.41. The lowest BCUT2D eigenvalue weighted by Crippen LogP contribution is -2.13. The van der Waals surface area contributed by atoms with Gasteiger partial charge < -0.3 is 9.88 Å². The highest BCUT2D eigenvalue weighted by Crippen LogP contribution is 2.58. The fraction of sp³-hybridized carbons (Fsp3) is 0.533. The number of hydrogen-bond acceptors (Lipinski definition) is 2. The van der Waals surface area contributed by atoms with Crippen LogP contribution >= 0.6 is 11.6 Å². The van der Waals surface area contributed by atoms with E-state index in [1.54, 1.807) is 6.20 Å². The van der Waals surface area contributed by atoms with E-state index >= 15 is 0 Å². The van der Waals surface area contributed by atoms with Crippen molar-refractivity contribution in [1.29, 1.82) is 0 Å². The first kappa shape index (κ1) is 11.5. The van der Waals surface area contributed by atoms with Crippen molar-refractivity contribution in [3.8, 4) is 0 Å². The molecule has 3 atom stereocenters. The van der Waals surface area contributed by atoms with Crippen molar-refractivity contribution < 1.29 is 4.39 Å². The van der Waals surface area contributed by atoms with E-state index in [1.807, 2.05) is 0 Å². The molecule has 3 fully saturated rings. The molecule has 2 aromatic rings. The van der Waals surface area contributed by atoms with Gasteiger partial charge in [-0.05, 0) is 49.2 Å². The summed E-state index contributed by atoms with van der Waals surface area (Å²) in [5.41, 5.74) is 1.95. The average molecular weight is 292 g/mol. The molecule has 0 bridgehead atoms. The minimum Gasteiger partial charge on any atom is -0.342 e. The van der Waals surface area contributed by atoms with Crippen molar-refractivity contribution in [3.63, 3.8) is 0 Å². The molecule has 20 heavy (non-hydrogen) atoms. The van der Waals surface area contributed by atoms with Crippen LogP contribution in [-0.2, 0) is 0 Å². The quantitative estimate of drug-likeness (QED) is 0.862. The Balaban J connectivity index is 1.72. The molecule has 104 valence electrons. The van der Waals surface area contributed by atoms with Crippen LogP contribution in [0.2, 0.25) is 5.15 Å². The van der Waals surface area contributed by atoms with E-state index in [2.05, 4.69) is 21.1 Å². The largest absolute Gasteiger partial charge is 0.342 e. The Hall–Kier alpha value is -1.13. The third-order valence-corrected chi connectivity index (χ3v) is 5.45. The molecular weight excluding hydrogens is 277 g/mol. The van der Waals surface area contributed by atoms with Gasteiger partial charge in [0.2, 0.25) is 0 Å². The second-order valence-electron chi connectivity index (χ2n) is 6.36. The van der Waals surface area contributed by atoms with Crippen molar-refractivity contribution in [2.45, 2.75) is 24.8 Å². The number of nitrogens with zero attached hydrogens (tertiary/aromatic N) is 2. The molecule has 1 N–H and O–H groups in total. The summed E-state index contributed by atoms with van der Waals surface area (Å²) in [6.45, 7) is 2.18. The summed E-state index contributed by atoms with van der Waals surface area (Å²) in [4.78, 5) is 4.03. The van der Waals surface area contributed by atoms with Gasteiger partial charge in [-0.3, -0.25) is 0 Å². The van der Waals surface area contributed by atoms with Crippen molar-refractivity contribution in [1.82, 2.24) is 14.9 Å². The molecule has 3 nitrogen and oxygen atoms in total. The predicted octanol–water partition coefficient (Wildman–Crippen LogP) is 3.10. The molecule has 0 radical (unpaired) electrons. The molecule has 1 unspecified atom stereocenters. The highest BCUT2D eigenvalue weighted by Gasteiger charge is 2.54. The number of piperidine rings is 1. The summed E-state index contributed by atoms with van der Waals surface area (Å²) < 4.78 is 16.5. The Morgan fingerprint density at radius 3 is 2.75 bits per heavy atom. The zero-order chi connectivity index (χ0) is 13.4. The number of fused-ring (bicyclic) bond motifs is 2. The molecule has 2 aliphatic carbocycles. The lowest BCUT2D eigenvalue weighted by Gasteiger charge is -2.03. The van der Waals surface area contributed by atoms with E-state index in [0.29, 0.717) is 17.5 Å². The van der Waals surface area contributed by atoms with E-state index in [1.165, 1.54) is 5.56 Å². The van der Waals surface area contributed by atoms with Crippen molar-refractivity contribution in [3.05, 3.63) is 28.9 Å². The molecule has 5 heteroatoms. The van der Waals surface area contributed by atoms with E-state index < -0.39 is 0 Å². The van der Waals surface area contributed by atoms with Crippen LogP contribution in [0.25, 0.3) is 10.9 Å². The van der Waals surface area contributed by atoms with E-state index in [0.717, 1.165) is 43.2 Å². The molecule has 3 aliphatic rings.